The molecule has 3 heteroatoms. The van der Waals surface area contributed by atoms with Crippen molar-refractivity contribution in [1.82, 2.24) is 0 Å². The molecule has 0 aliphatic heterocycles. The van der Waals surface area contributed by atoms with Crippen molar-refractivity contribution in [1.29, 1.82) is 0 Å². The van der Waals surface area contributed by atoms with Crippen LogP contribution >= 0.6 is 0 Å². The first-order chi connectivity index (χ1) is 5.09. The molecule has 0 bridgehead atoms. The molecule has 0 amide bonds. The smallest absolute Gasteiger partial charge is 1.00 e. The Morgan fingerprint density at radius 3 is 2.08 bits per heavy atom. The Morgan fingerprint density at radius 2 is 1.69 bits per heavy atom. The molecule has 13 heavy (non-hydrogen) atoms. The van der Waals surface area contributed by atoms with Crippen molar-refractivity contribution in [3.8, 4) is 5.75 Å². The van der Waals surface area contributed by atoms with Crippen LogP contribution in [0.4, 0.5) is 0 Å². The zero-order chi connectivity index (χ0) is 8.43. The summed E-state index contributed by atoms with van der Waals surface area (Å²) in [5, 5.41) is 11.0. The molecule has 0 heterocycles. The average Bonchev–Trinajstić information content (AvgIpc) is 1.85. The Morgan fingerprint density at radius 1 is 1.15 bits per heavy atom. The van der Waals surface area contributed by atoms with Gasteiger partial charge in [-0.15, -0.1) is 5.75 Å². The van der Waals surface area contributed by atoms with Crippen LogP contribution in [0.15, 0.2) is 18.2 Å². The van der Waals surface area contributed by atoms with Gasteiger partial charge in [0.1, 0.15) is 0 Å². The zero-order valence-electron chi connectivity index (χ0n) is 8.10. The Kier molecular flexibility index (Phi) is 7.97. The minimum absolute atomic E-state index is 0. The van der Waals surface area contributed by atoms with Crippen LogP contribution < -0.4 is 17.5 Å². The zero-order valence-corrected chi connectivity index (χ0v) is 11.3. The number of benzene rings is 1. The van der Waals surface area contributed by atoms with Gasteiger partial charge in [0.15, 0.2) is 0 Å². The Hall–Kier alpha value is 0.193. The molecule has 0 fully saturated rings. The van der Waals surface area contributed by atoms with Crippen molar-refractivity contribution >= 4 is 0 Å². The summed E-state index contributed by atoms with van der Waals surface area (Å²) >= 11 is 0. The largest absolute Gasteiger partial charge is 2.00 e. The molecule has 1 rings (SSSR count). The maximum absolute atomic E-state index is 11.0. The molecular formula is C10H13ClOZr. The van der Waals surface area contributed by atoms with Gasteiger partial charge in [-0.1, -0.05) is 37.6 Å². The van der Waals surface area contributed by atoms with Crippen LogP contribution in [0.3, 0.4) is 0 Å². The third kappa shape index (κ3) is 4.83. The summed E-state index contributed by atoms with van der Waals surface area (Å²) in [4.78, 5) is 0. The van der Waals surface area contributed by atoms with Crippen LogP contribution in [-0.4, -0.2) is 0 Å². The van der Waals surface area contributed by atoms with E-state index >= 15 is 0 Å². The second-order valence-electron chi connectivity index (χ2n) is 3.23. The molecule has 1 aromatic rings. The van der Waals surface area contributed by atoms with Crippen LogP contribution in [0, 0.1) is 6.92 Å². The third-order valence-corrected chi connectivity index (χ3v) is 1.74. The summed E-state index contributed by atoms with van der Waals surface area (Å²) in [6, 6.07) is 5.43. The number of rotatable bonds is 1. The van der Waals surface area contributed by atoms with Crippen LogP contribution in [-0.2, 0) is 26.2 Å². The van der Waals surface area contributed by atoms with Gasteiger partial charge in [0.2, 0.25) is 0 Å². The van der Waals surface area contributed by atoms with E-state index < -0.39 is 0 Å². The van der Waals surface area contributed by atoms with E-state index in [1.54, 1.807) is 12.1 Å². The summed E-state index contributed by atoms with van der Waals surface area (Å²) in [6.45, 7) is 6.13. The maximum Gasteiger partial charge on any atom is 2.00 e. The topological polar surface area (TPSA) is 23.1 Å². The summed E-state index contributed by atoms with van der Waals surface area (Å²) in [5.41, 5.74) is 2.19. The molecule has 0 aromatic heterocycles. The molecule has 0 saturated heterocycles. The molecule has 0 unspecified atom stereocenters. The van der Waals surface area contributed by atoms with Gasteiger partial charge in [-0.3, -0.25) is 0 Å². The van der Waals surface area contributed by atoms with E-state index in [0.717, 1.165) is 11.1 Å². The Bertz CT molecular complexity index is 241. The van der Waals surface area contributed by atoms with Gasteiger partial charge >= 0.3 is 26.2 Å². The SMILES string of the molecule is Cc1cc([O-])cc(C(C)C)c1.[Cl-].[Zr+2]. The minimum atomic E-state index is 0. The van der Waals surface area contributed by atoms with Gasteiger partial charge in [0.25, 0.3) is 0 Å². The molecule has 0 N–H and O–H groups in total. The van der Waals surface area contributed by atoms with E-state index in [-0.39, 0.29) is 44.4 Å². The first-order valence-electron chi connectivity index (χ1n) is 3.88. The first-order valence-corrected chi connectivity index (χ1v) is 3.88. The van der Waals surface area contributed by atoms with Crippen molar-refractivity contribution in [2.24, 2.45) is 0 Å². The third-order valence-electron chi connectivity index (χ3n) is 1.74. The standard InChI is InChI=1S/C10H14O.ClH.Zr/c1-7(2)9-4-8(3)5-10(11)6-9;;/h4-7,11H,1-3H3;1H;/q;;+2/p-2. The van der Waals surface area contributed by atoms with Crippen LogP contribution in [0.5, 0.6) is 5.75 Å². The fourth-order valence-electron chi connectivity index (χ4n) is 1.11. The van der Waals surface area contributed by atoms with Crippen LogP contribution in [0.2, 0.25) is 0 Å². The normalized spacial score (nSPS) is 8.92. The quantitative estimate of drug-likeness (QED) is 0.658. The van der Waals surface area contributed by atoms with Gasteiger partial charge < -0.3 is 17.5 Å². The van der Waals surface area contributed by atoms with E-state index in [0.29, 0.717) is 5.92 Å². The molecule has 1 nitrogen and oxygen atoms in total. The van der Waals surface area contributed by atoms with E-state index in [9.17, 15) is 5.11 Å². The molecule has 0 atom stereocenters. The number of hydrogen-bond donors (Lipinski definition) is 0. The van der Waals surface area contributed by atoms with Gasteiger partial charge in [-0.25, -0.2) is 0 Å². The first kappa shape index (κ1) is 15.7. The summed E-state index contributed by atoms with van der Waals surface area (Å²) in [5.74, 6) is 0.566. The van der Waals surface area contributed by atoms with Gasteiger partial charge in [0, 0.05) is 0 Å². The van der Waals surface area contributed by atoms with Crippen LogP contribution in [0.25, 0.3) is 0 Å². The summed E-state index contributed by atoms with van der Waals surface area (Å²) < 4.78 is 0. The van der Waals surface area contributed by atoms with E-state index in [1.807, 2.05) is 6.92 Å². The van der Waals surface area contributed by atoms with Crippen LogP contribution in [0.1, 0.15) is 30.9 Å². The fraction of sp³-hybridized carbons (Fsp3) is 0.400. The second kappa shape index (κ2) is 6.62. The van der Waals surface area contributed by atoms with Gasteiger partial charge in [0.05, 0.1) is 0 Å². The van der Waals surface area contributed by atoms with Crippen molar-refractivity contribution in [2.45, 2.75) is 26.7 Å². The number of hydrogen-bond acceptors (Lipinski definition) is 1. The van der Waals surface area contributed by atoms with Crippen molar-refractivity contribution in [3.63, 3.8) is 0 Å². The van der Waals surface area contributed by atoms with Crippen molar-refractivity contribution in [3.05, 3.63) is 29.3 Å². The summed E-state index contributed by atoms with van der Waals surface area (Å²) in [7, 11) is 0. The Balaban J connectivity index is 0. The molecule has 1 aromatic carbocycles. The van der Waals surface area contributed by atoms with E-state index in [4.69, 9.17) is 0 Å². The minimum Gasteiger partial charge on any atom is -1.00 e. The molecule has 0 radical (unpaired) electrons. The number of halogens is 1. The maximum atomic E-state index is 11.0. The average molecular weight is 276 g/mol. The second-order valence-corrected chi connectivity index (χ2v) is 3.23. The van der Waals surface area contributed by atoms with Crippen molar-refractivity contribution < 1.29 is 43.7 Å². The molecule has 0 aliphatic rings. The van der Waals surface area contributed by atoms with Crippen molar-refractivity contribution in [2.75, 3.05) is 0 Å². The summed E-state index contributed by atoms with van der Waals surface area (Å²) in [6.07, 6.45) is 0. The van der Waals surface area contributed by atoms with E-state index in [1.165, 1.54) is 0 Å². The Labute approximate surface area is 105 Å². The van der Waals surface area contributed by atoms with Gasteiger partial charge in [-0.2, -0.15) is 0 Å². The molecular weight excluding hydrogens is 263 g/mol. The van der Waals surface area contributed by atoms with Gasteiger partial charge in [-0.05, 0) is 18.4 Å². The van der Waals surface area contributed by atoms with E-state index in [2.05, 4.69) is 19.9 Å². The predicted octanol–water partition coefficient (Wildman–Crippen LogP) is -0.806. The molecule has 0 aliphatic carbocycles. The predicted molar refractivity (Wildman–Crippen MR) is 44.7 cm³/mol. The molecule has 70 valence electrons. The molecule has 0 saturated carbocycles. The molecule has 0 spiro atoms. The monoisotopic (exact) mass is 274 g/mol. The fourth-order valence-corrected chi connectivity index (χ4v) is 1.11. The number of aryl methyl sites for hydroxylation is 1.